The minimum Gasteiger partial charge on any atom is -0.256 e. The highest BCUT2D eigenvalue weighted by Crippen LogP contribution is 2.40. The molecule has 0 radical (unpaired) electrons. The van der Waals surface area contributed by atoms with Crippen molar-refractivity contribution in [1.29, 1.82) is 0 Å². The van der Waals surface area contributed by atoms with Crippen LogP contribution in [0.15, 0.2) is 67.0 Å². The number of benzene rings is 1. The van der Waals surface area contributed by atoms with Gasteiger partial charge in [0, 0.05) is 28.9 Å². The van der Waals surface area contributed by atoms with E-state index in [1.165, 1.54) is 5.56 Å². The van der Waals surface area contributed by atoms with Gasteiger partial charge in [-0.05, 0) is 49.2 Å². The molecule has 0 bridgehead atoms. The SMILES string of the molecule is Cc1ccc2nc(C(C)C)c(-c3ccccn3)c(-c3ccccn3)c2c1. The average molecular weight is 339 g/mol. The van der Waals surface area contributed by atoms with Gasteiger partial charge >= 0.3 is 0 Å². The monoisotopic (exact) mass is 339 g/mol. The molecule has 1 aromatic carbocycles. The molecule has 0 spiro atoms. The lowest BCUT2D eigenvalue weighted by atomic mass is 9.90. The van der Waals surface area contributed by atoms with Gasteiger partial charge in [0.25, 0.3) is 0 Å². The quantitative estimate of drug-likeness (QED) is 0.474. The molecular weight excluding hydrogens is 318 g/mol. The van der Waals surface area contributed by atoms with Crippen molar-refractivity contribution in [3.8, 4) is 22.5 Å². The Hall–Kier alpha value is -3.07. The first-order chi connectivity index (χ1) is 12.6. The third-order valence-electron chi connectivity index (χ3n) is 4.56. The van der Waals surface area contributed by atoms with E-state index in [9.17, 15) is 0 Å². The summed E-state index contributed by atoms with van der Waals surface area (Å²) in [4.78, 5) is 14.3. The van der Waals surface area contributed by atoms with Gasteiger partial charge in [0.05, 0.1) is 22.6 Å². The van der Waals surface area contributed by atoms with Gasteiger partial charge in [0.1, 0.15) is 0 Å². The minimum absolute atomic E-state index is 0.278. The molecule has 0 unspecified atom stereocenters. The average Bonchev–Trinajstić information content (AvgIpc) is 2.67. The van der Waals surface area contributed by atoms with E-state index in [1.807, 2.05) is 36.7 Å². The molecule has 4 rings (SSSR count). The first kappa shape index (κ1) is 16.4. The van der Waals surface area contributed by atoms with Crippen LogP contribution in [0.2, 0.25) is 0 Å². The maximum Gasteiger partial charge on any atom is 0.0727 e. The topological polar surface area (TPSA) is 38.7 Å². The van der Waals surface area contributed by atoms with Crippen LogP contribution >= 0.6 is 0 Å². The van der Waals surface area contributed by atoms with Gasteiger partial charge < -0.3 is 0 Å². The molecule has 0 saturated carbocycles. The molecule has 0 N–H and O–H groups in total. The lowest BCUT2D eigenvalue weighted by molar-refractivity contribution is 0.832. The van der Waals surface area contributed by atoms with Crippen LogP contribution in [0.1, 0.15) is 31.0 Å². The summed E-state index contributed by atoms with van der Waals surface area (Å²) >= 11 is 0. The third kappa shape index (κ3) is 2.86. The van der Waals surface area contributed by atoms with Gasteiger partial charge in [-0.2, -0.15) is 0 Å². The standard InChI is InChI=1S/C23H21N3/c1-15(2)23-22(20-9-5-7-13-25-20)21(19-8-4-6-12-24-19)17-14-16(3)10-11-18(17)26-23/h4-15H,1-3H3. The van der Waals surface area contributed by atoms with Crippen molar-refractivity contribution in [3.63, 3.8) is 0 Å². The number of nitrogens with zero attached hydrogens (tertiary/aromatic N) is 3. The molecular formula is C23H21N3. The zero-order valence-corrected chi connectivity index (χ0v) is 15.3. The second-order valence-corrected chi connectivity index (χ2v) is 6.85. The first-order valence-corrected chi connectivity index (χ1v) is 8.92. The maximum absolute atomic E-state index is 5.01. The number of fused-ring (bicyclic) bond motifs is 1. The van der Waals surface area contributed by atoms with Gasteiger partial charge in [-0.25, -0.2) is 0 Å². The summed E-state index contributed by atoms with van der Waals surface area (Å²) in [6.45, 7) is 6.46. The van der Waals surface area contributed by atoms with Crippen molar-refractivity contribution in [2.45, 2.75) is 26.7 Å². The molecule has 128 valence electrons. The Morgan fingerprint density at radius 1 is 0.769 bits per heavy atom. The van der Waals surface area contributed by atoms with Crippen LogP contribution in [0.5, 0.6) is 0 Å². The molecule has 0 fully saturated rings. The van der Waals surface area contributed by atoms with Crippen LogP contribution in [0.25, 0.3) is 33.4 Å². The fraction of sp³-hybridized carbons (Fsp3) is 0.174. The van der Waals surface area contributed by atoms with Gasteiger partial charge in [0.2, 0.25) is 0 Å². The summed E-state index contributed by atoms with van der Waals surface area (Å²) < 4.78 is 0. The van der Waals surface area contributed by atoms with Crippen molar-refractivity contribution in [1.82, 2.24) is 15.0 Å². The second kappa shape index (κ2) is 6.68. The lowest BCUT2D eigenvalue weighted by Gasteiger charge is -2.19. The van der Waals surface area contributed by atoms with Gasteiger partial charge in [-0.3, -0.25) is 15.0 Å². The molecule has 3 nitrogen and oxygen atoms in total. The van der Waals surface area contributed by atoms with Gasteiger partial charge in [-0.15, -0.1) is 0 Å². The number of aryl methyl sites for hydroxylation is 1. The highest BCUT2D eigenvalue weighted by atomic mass is 14.8. The number of aromatic nitrogens is 3. The van der Waals surface area contributed by atoms with E-state index in [1.54, 1.807) is 0 Å². The minimum atomic E-state index is 0.278. The summed E-state index contributed by atoms with van der Waals surface area (Å²) in [5.74, 6) is 0.278. The normalized spacial score (nSPS) is 11.2. The van der Waals surface area contributed by atoms with Crippen molar-refractivity contribution >= 4 is 10.9 Å². The molecule has 0 atom stereocenters. The molecule has 4 aromatic rings. The van der Waals surface area contributed by atoms with E-state index in [0.29, 0.717) is 0 Å². The zero-order chi connectivity index (χ0) is 18.1. The Bertz CT molecular complexity index is 1050. The Labute approximate surface area is 153 Å². The van der Waals surface area contributed by atoms with Crippen LogP contribution in [-0.2, 0) is 0 Å². The van der Waals surface area contributed by atoms with Crippen molar-refractivity contribution in [2.24, 2.45) is 0 Å². The number of hydrogen-bond donors (Lipinski definition) is 0. The second-order valence-electron chi connectivity index (χ2n) is 6.85. The van der Waals surface area contributed by atoms with Crippen LogP contribution in [-0.4, -0.2) is 15.0 Å². The summed E-state index contributed by atoms with van der Waals surface area (Å²) in [5, 5.41) is 1.12. The fourth-order valence-electron chi connectivity index (χ4n) is 3.36. The van der Waals surface area contributed by atoms with Crippen LogP contribution in [0, 0.1) is 6.92 Å². The van der Waals surface area contributed by atoms with E-state index in [-0.39, 0.29) is 5.92 Å². The van der Waals surface area contributed by atoms with E-state index in [2.05, 4.69) is 61.1 Å². The zero-order valence-electron chi connectivity index (χ0n) is 15.3. The number of rotatable bonds is 3. The smallest absolute Gasteiger partial charge is 0.0727 e. The molecule has 3 heteroatoms. The summed E-state index contributed by atoms with van der Waals surface area (Å²) in [6, 6.07) is 18.5. The summed E-state index contributed by atoms with van der Waals surface area (Å²) in [5.41, 5.74) is 7.35. The van der Waals surface area contributed by atoms with Crippen LogP contribution in [0.4, 0.5) is 0 Å². The fourth-order valence-corrected chi connectivity index (χ4v) is 3.36. The number of hydrogen-bond acceptors (Lipinski definition) is 3. The largest absolute Gasteiger partial charge is 0.256 e. The van der Waals surface area contributed by atoms with Crippen molar-refractivity contribution in [2.75, 3.05) is 0 Å². The molecule has 0 saturated heterocycles. The van der Waals surface area contributed by atoms with Gasteiger partial charge in [-0.1, -0.05) is 37.6 Å². The number of pyridine rings is 3. The van der Waals surface area contributed by atoms with E-state index < -0.39 is 0 Å². The van der Waals surface area contributed by atoms with Crippen LogP contribution < -0.4 is 0 Å². The summed E-state index contributed by atoms with van der Waals surface area (Å²) in [7, 11) is 0. The predicted molar refractivity (Wildman–Crippen MR) is 107 cm³/mol. The highest BCUT2D eigenvalue weighted by Gasteiger charge is 2.21. The molecule has 0 aliphatic rings. The molecule has 26 heavy (non-hydrogen) atoms. The molecule has 0 aliphatic carbocycles. The van der Waals surface area contributed by atoms with E-state index >= 15 is 0 Å². The first-order valence-electron chi connectivity index (χ1n) is 8.92. The molecule has 3 heterocycles. The Kier molecular flexibility index (Phi) is 4.21. The lowest BCUT2D eigenvalue weighted by Crippen LogP contribution is -2.03. The van der Waals surface area contributed by atoms with E-state index in [4.69, 9.17) is 4.98 Å². The molecule has 0 aliphatic heterocycles. The van der Waals surface area contributed by atoms with Gasteiger partial charge in [0.15, 0.2) is 0 Å². The van der Waals surface area contributed by atoms with E-state index in [0.717, 1.165) is 39.1 Å². The van der Waals surface area contributed by atoms with Crippen LogP contribution in [0.3, 0.4) is 0 Å². The third-order valence-corrected chi connectivity index (χ3v) is 4.56. The van der Waals surface area contributed by atoms with Crippen molar-refractivity contribution in [3.05, 3.63) is 78.2 Å². The van der Waals surface area contributed by atoms with Crippen molar-refractivity contribution < 1.29 is 0 Å². The predicted octanol–water partition coefficient (Wildman–Crippen LogP) is 5.79. The summed E-state index contributed by atoms with van der Waals surface area (Å²) in [6.07, 6.45) is 3.68. The Balaban J connectivity index is 2.20. The Morgan fingerprint density at radius 3 is 2.00 bits per heavy atom. The maximum atomic E-state index is 5.01. The molecule has 0 amide bonds. The Morgan fingerprint density at radius 2 is 1.42 bits per heavy atom. The molecule has 3 aromatic heterocycles. The highest BCUT2D eigenvalue weighted by molar-refractivity contribution is 6.02.